The Morgan fingerprint density at radius 2 is 2.08 bits per heavy atom. The Kier molecular flexibility index (Phi) is 3.03. The molecule has 0 spiro atoms. The van der Waals surface area contributed by atoms with Gasteiger partial charge in [-0.3, -0.25) is 0 Å². The van der Waals surface area contributed by atoms with Crippen LogP contribution < -0.4 is 0 Å². The van der Waals surface area contributed by atoms with Crippen LogP contribution in [0.3, 0.4) is 0 Å². The molecule has 1 aliphatic carbocycles. The van der Waals surface area contributed by atoms with E-state index in [0.29, 0.717) is 0 Å². The zero-order valence-electron chi connectivity index (χ0n) is 8.77. The molecule has 1 nitrogen and oxygen atoms in total. The van der Waals surface area contributed by atoms with Crippen LogP contribution in [0.15, 0.2) is 0 Å². The van der Waals surface area contributed by atoms with Gasteiger partial charge in [0.1, 0.15) is 0 Å². The SMILES string of the molecule is C#CCCCC1(O)CCCC1(C)C. The topological polar surface area (TPSA) is 20.2 Å². The van der Waals surface area contributed by atoms with E-state index in [9.17, 15) is 5.11 Å². The van der Waals surface area contributed by atoms with Crippen molar-refractivity contribution in [2.24, 2.45) is 5.41 Å². The van der Waals surface area contributed by atoms with E-state index in [1.165, 1.54) is 0 Å². The van der Waals surface area contributed by atoms with Crippen LogP contribution in [0.5, 0.6) is 0 Å². The molecule has 0 aromatic carbocycles. The molecule has 0 saturated heterocycles. The molecule has 1 fully saturated rings. The summed E-state index contributed by atoms with van der Waals surface area (Å²) in [6, 6.07) is 0. The molecule has 1 saturated carbocycles. The molecule has 1 N–H and O–H groups in total. The lowest BCUT2D eigenvalue weighted by Crippen LogP contribution is -2.39. The summed E-state index contributed by atoms with van der Waals surface area (Å²) in [4.78, 5) is 0. The van der Waals surface area contributed by atoms with Gasteiger partial charge >= 0.3 is 0 Å². The average Bonchev–Trinajstić information content (AvgIpc) is 2.28. The van der Waals surface area contributed by atoms with Crippen molar-refractivity contribution in [2.45, 2.75) is 58.0 Å². The van der Waals surface area contributed by atoms with E-state index in [-0.39, 0.29) is 5.41 Å². The van der Waals surface area contributed by atoms with Crippen LogP contribution in [-0.2, 0) is 0 Å². The minimum Gasteiger partial charge on any atom is -0.389 e. The van der Waals surface area contributed by atoms with Gasteiger partial charge in [-0.15, -0.1) is 12.3 Å². The first-order valence-corrected chi connectivity index (χ1v) is 5.18. The molecule has 0 aromatic heterocycles. The van der Waals surface area contributed by atoms with Crippen molar-refractivity contribution >= 4 is 0 Å². The highest BCUT2D eigenvalue weighted by Crippen LogP contribution is 2.48. The third-order valence-corrected chi connectivity index (χ3v) is 3.56. The predicted molar refractivity (Wildman–Crippen MR) is 55.3 cm³/mol. The van der Waals surface area contributed by atoms with E-state index in [0.717, 1.165) is 38.5 Å². The van der Waals surface area contributed by atoms with Crippen LogP contribution in [0.25, 0.3) is 0 Å². The monoisotopic (exact) mass is 180 g/mol. The van der Waals surface area contributed by atoms with Crippen LogP contribution in [0.4, 0.5) is 0 Å². The Balaban J connectivity index is 2.50. The van der Waals surface area contributed by atoms with Crippen molar-refractivity contribution in [3.63, 3.8) is 0 Å². The Morgan fingerprint density at radius 1 is 1.38 bits per heavy atom. The molecule has 0 aliphatic heterocycles. The fraction of sp³-hybridized carbons (Fsp3) is 0.833. The van der Waals surface area contributed by atoms with Crippen molar-refractivity contribution in [1.82, 2.24) is 0 Å². The normalized spacial score (nSPS) is 31.5. The molecular weight excluding hydrogens is 160 g/mol. The highest BCUT2D eigenvalue weighted by molar-refractivity contribution is 4.99. The van der Waals surface area contributed by atoms with Crippen LogP contribution in [0, 0.1) is 17.8 Å². The number of unbranched alkanes of at least 4 members (excludes halogenated alkanes) is 1. The van der Waals surface area contributed by atoms with Gasteiger partial charge in [-0.1, -0.05) is 13.8 Å². The van der Waals surface area contributed by atoms with Gasteiger partial charge < -0.3 is 5.11 Å². The summed E-state index contributed by atoms with van der Waals surface area (Å²) >= 11 is 0. The van der Waals surface area contributed by atoms with E-state index in [1.807, 2.05) is 0 Å². The molecule has 0 amide bonds. The van der Waals surface area contributed by atoms with Crippen molar-refractivity contribution < 1.29 is 5.11 Å². The van der Waals surface area contributed by atoms with E-state index in [4.69, 9.17) is 6.42 Å². The van der Waals surface area contributed by atoms with Gasteiger partial charge in [-0.05, 0) is 37.5 Å². The molecule has 0 aromatic rings. The second-order valence-corrected chi connectivity index (χ2v) is 4.83. The lowest BCUT2D eigenvalue weighted by Gasteiger charge is -2.36. The maximum Gasteiger partial charge on any atom is 0.0698 e. The zero-order valence-corrected chi connectivity index (χ0v) is 8.77. The number of rotatable bonds is 3. The molecule has 0 radical (unpaired) electrons. The van der Waals surface area contributed by atoms with Crippen molar-refractivity contribution in [1.29, 1.82) is 0 Å². The van der Waals surface area contributed by atoms with E-state index >= 15 is 0 Å². The molecule has 0 heterocycles. The molecule has 1 aliphatic rings. The second-order valence-electron chi connectivity index (χ2n) is 4.83. The summed E-state index contributed by atoms with van der Waals surface area (Å²) in [6.45, 7) is 4.33. The summed E-state index contributed by atoms with van der Waals surface area (Å²) in [6.07, 6.45) is 11.0. The first-order valence-electron chi connectivity index (χ1n) is 5.18. The number of terminal acetylenes is 1. The highest BCUT2D eigenvalue weighted by atomic mass is 16.3. The summed E-state index contributed by atoms with van der Waals surface area (Å²) in [5, 5.41) is 10.4. The van der Waals surface area contributed by atoms with Gasteiger partial charge in [0.15, 0.2) is 0 Å². The summed E-state index contributed by atoms with van der Waals surface area (Å²) in [5.74, 6) is 2.63. The quantitative estimate of drug-likeness (QED) is 0.523. The van der Waals surface area contributed by atoms with Crippen LogP contribution in [0.1, 0.15) is 52.4 Å². The second kappa shape index (κ2) is 3.72. The molecule has 1 rings (SSSR count). The van der Waals surface area contributed by atoms with Gasteiger partial charge in [0.2, 0.25) is 0 Å². The van der Waals surface area contributed by atoms with Crippen molar-refractivity contribution in [2.75, 3.05) is 0 Å². The van der Waals surface area contributed by atoms with E-state index in [2.05, 4.69) is 19.8 Å². The Hall–Kier alpha value is -0.480. The molecule has 0 bridgehead atoms. The van der Waals surface area contributed by atoms with Gasteiger partial charge in [0, 0.05) is 6.42 Å². The third-order valence-electron chi connectivity index (χ3n) is 3.56. The summed E-state index contributed by atoms with van der Waals surface area (Å²) < 4.78 is 0. The average molecular weight is 180 g/mol. The summed E-state index contributed by atoms with van der Waals surface area (Å²) in [7, 11) is 0. The van der Waals surface area contributed by atoms with Crippen LogP contribution in [0.2, 0.25) is 0 Å². The molecular formula is C12H20O. The van der Waals surface area contributed by atoms with E-state index in [1.54, 1.807) is 0 Å². The number of aliphatic hydroxyl groups is 1. The van der Waals surface area contributed by atoms with Crippen molar-refractivity contribution in [3.05, 3.63) is 0 Å². The molecule has 1 unspecified atom stereocenters. The van der Waals surface area contributed by atoms with Crippen LogP contribution >= 0.6 is 0 Å². The Morgan fingerprint density at radius 3 is 2.54 bits per heavy atom. The van der Waals surface area contributed by atoms with Gasteiger partial charge in [-0.25, -0.2) is 0 Å². The molecule has 13 heavy (non-hydrogen) atoms. The van der Waals surface area contributed by atoms with Gasteiger partial charge in [0.05, 0.1) is 5.60 Å². The van der Waals surface area contributed by atoms with Gasteiger partial charge in [-0.2, -0.15) is 0 Å². The van der Waals surface area contributed by atoms with Gasteiger partial charge in [0.25, 0.3) is 0 Å². The Bertz CT molecular complexity index is 212. The van der Waals surface area contributed by atoms with Crippen molar-refractivity contribution in [3.8, 4) is 12.3 Å². The zero-order chi connectivity index (χ0) is 9.95. The largest absolute Gasteiger partial charge is 0.389 e. The first kappa shape index (κ1) is 10.6. The lowest BCUT2D eigenvalue weighted by molar-refractivity contribution is -0.0504. The predicted octanol–water partition coefficient (Wildman–Crippen LogP) is 2.73. The van der Waals surface area contributed by atoms with E-state index < -0.39 is 5.60 Å². The molecule has 1 heteroatoms. The minimum absolute atomic E-state index is 0.0849. The summed E-state index contributed by atoms with van der Waals surface area (Å²) in [5.41, 5.74) is -0.370. The maximum atomic E-state index is 10.4. The fourth-order valence-corrected chi connectivity index (χ4v) is 2.34. The number of hydrogen-bond donors (Lipinski definition) is 1. The Labute approximate surface area is 81.5 Å². The first-order chi connectivity index (χ1) is 6.02. The van der Waals surface area contributed by atoms with Crippen LogP contribution in [-0.4, -0.2) is 10.7 Å². The third kappa shape index (κ3) is 2.06. The molecule has 74 valence electrons. The molecule has 1 atom stereocenters. The highest BCUT2D eigenvalue weighted by Gasteiger charge is 2.46. The standard InChI is InChI=1S/C12H20O/c1-4-5-6-9-12(13)10-7-8-11(12,2)3/h1,13H,5-10H2,2-3H3. The minimum atomic E-state index is -0.455. The maximum absolute atomic E-state index is 10.4. The lowest BCUT2D eigenvalue weighted by atomic mass is 9.75. The fourth-order valence-electron chi connectivity index (χ4n) is 2.34. The smallest absolute Gasteiger partial charge is 0.0698 e. The number of hydrogen-bond acceptors (Lipinski definition) is 1.